The normalized spacial score (nSPS) is 9.50. The van der Waals surface area contributed by atoms with Crippen LogP contribution in [0.2, 0.25) is 0 Å². The van der Waals surface area contributed by atoms with E-state index in [-0.39, 0.29) is 19.0 Å². The van der Waals surface area contributed by atoms with Crippen LogP contribution in [-0.2, 0) is 17.6 Å². The zero-order valence-corrected chi connectivity index (χ0v) is 11.4. The zero-order chi connectivity index (χ0) is 14.6. The van der Waals surface area contributed by atoms with Crippen molar-refractivity contribution in [3.05, 3.63) is 71.8 Å². The van der Waals surface area contributed by atoms with Crippen LogP contribution in [0.15, 0.2) is 60.7 Å². The lowest BCUT2D eigenvalue weighted by molar-refractivity contribution is -0.117. The number of carbonyl (C=O) groups excluding carboxylic acids is 1. The highest BCUT2D eigenvalue weighted by atomic mass is 16.3. The molecule has 0 unspecified atom stereocenters. The summed E-state index contributed by atoms with van der Waals surface area (Å²) < 4.78 is 0. The molecule has 0 saturated carbocycles. The first kappa shape index (κ1) is 16.1. The smallest absolute Gasteiger partial charge is 0.141 e. The highest BCUT2D eigenvalue weighted by Crippen LogP contribution is 2.05. The summed E-state index contributed by atoms with van der Waals surface area (Å²) in [6, 6.07) is 19.7. The zero-order valence-electron chi connectivity index (χ0n) is 11.4. The summed E-state index contributed by atoms with van der Waals surface area (Å²) in [5.74, 6) is 0.261. The summed E-state index contributed by atoms with van der Waals surface area (Å²) in [5, 5.41) is 15.2. The van der Waals surface area contributed by atoms with Gasteiger partial charge in [0.2, 0.25) is 0 Å². The maximum atomic E-state index is 11.8. The van der Waals surface area contributed by atoms with Crippen molar-refractivity contribution < 1.29 is 15.0 Å². The maximum absolute atomic E-state index is 11.8. The molecule has 106 valence electrons. The Morgan fingerprint density at radius 1 is 0.700 bits per heavy atom. The Kier molecular flexibility index (Phi) is 7.96. The standard InChI is InChI=1S/C15H14O.C2H6O2/c16-15(11-13-7-3-1-4-8-13)12-14-9-5-2-6-10-14;3-1-2-4/h1-10H,11-12H2;3-4H,1-2H2. The molecule has 20 heavy (non-hydrogen) atoms. The number of Topliss-reactive ketones (excluding diaryl/α,β-unsaturated/α-hetero) is 1. The van der Waals surface area contributed by atoms with Gasteiger partial charge >= 0.3 is 0 Å². The number of aliphatic hydroxyl groups excluding tert-OH is 2. The molecule has 3 heteroatoms. The van der Waals surface area contributed by atoms with Gasteiger partial charge in [-0.3, -0.25) is 4.79 Å². The summed E-state index contributed by atoms with van der Waals surface area (Å²) in [5.41, 5.74) is 2.17. The number of hydrogen-bond donors (Lipinski definition) is 2. The third-order valence-electron chi connectivity index (χ3n) is 2.59. The van der Waals surface area contributed by atoms with Crippen LogP contribution in [0.1, 0.15) is 11.1 Å². The molecule has 2 rings (SSSR count). The first-order valence-corrected chi connectivity index (χ1v) is 6.57. The summed E-state index contributed by atoms with van der Waals surface area (Å²) in [6.07, 6.45) is 1.05. The highest BCUT2D eigenvalue weighted by molar-refractivity contribution is 5.83. The van der Waals surface area contributed by atoms with E-state index >= 15 is 0 Å². The summed E-state index contributed by atoms with van der Waals surface area (Å²) in [7, 11) is 0. The van der Waals surface area contributed by atoms with Crippen molar-refractivity contribution in [2.75, 3.05) is 13.2 Å². The van der Waals surface area contributed by atoms with Gasteiger partial charge in [-0.1, -0.05) is 60.7 Å². The SMILES string of the molecule is O=C(Cc1ccccc1)Cc1ccccc1.OCCO. The Morgan fingerprint density at radius 3 is 1.35 bits per heavy atom. The largest absolute Gasteiger partial charge is 0.394 e. The van der Waals surface area contributed by atoms with E-state index < -0.39 is 0 Å². The molecule has 2 aromatic carbocycles. The van der Waals surface area contributed by atoms with Crippen molar-refractivity contribution in [1.29, 1.82) is 0 Å². The minimum atomic E-state index is -0.125. The van der Waals surface area contributed by atoms with Crippen LogP contribution in [0.5, 0.6) is 0 Å². The van der Waals surface area contributed by atoms with Gasteiger partial charge in [0, 0.05) is 12.8 Å². The molecule has 0 amide bonds. The van der Waals surface area contributed by atoms with Gasteiger partial charge in [-0.25, -0.2) is 0 Å². The molecule has 0 aliphatic rings. The van der Waals surface area contributed by atoms with Gasteiger partial charge in [-0.15, -0.1) is 0 Å². The molecule has 0 aliphatic heterocycles. The van der Waals surface area contributed by atoms with E-state index in [4.69, 9.17) is 10.2 Å². The Morgan fingerprint density at radius 2 is 1.05 bits per heavy atom. The van der Waals surface area contributed by atoms with Crippen LogP contribution < -0.4 is 0 Å². The third-order valence-corrected chi connectivity index (χ3v) is 2.59. The average molecular weight is 272 g/mol. The molecule has 3 nitrogen and oxygen atoms in total. The predicted octanol–water partition coefficient (Wildman–Crippen LogP) is 2.01. The Bertz CT molecular complexity index is 435. The molecule has 0 bridgehead atoms. The van der Waals surface area contributed by atoms with Crippen molar-refractivity contribution in [2.24, 2.45) is 0 Å². The number of aliphatic hydroxyl groups is 2. The molecule has 0 atom stereocenters. The quantitative estimate of drug-likeness (QED) is 0.875. The number of rotatable bonds is 5. The Labute approximate surface area is 119 Å². The molecule has 2 aromatic rings. The number of ketones is 1. The third kappa shape index (κ3) is 6.83. The van der Waals surface area contributed by atoms with E-state index in [1.807, 2.05) is 60.7 Å². The van der Waals surface area contributed by atoms with Crippen LogP contribution in [0.3, 0.4) is 0 Å². The van der Waals surface area contributed by atoms with Gasteiger partial charge in [0.15, 0.2) is 0 Å². The van der Waals surface area contributed by atoms with Gasteiger partial charge in [-0.2, -0.15) is 0 Å². The molecule has 0 aromatic heterocycles. The molecular formula is C17H20O3. The van der Waals surface area contributed by atoms with Gasteiger partial charge in [0.1, 0.15) is 5.78 Å². The van der Waals surface area contributed by atoms with Gasteiger partial charge in [0.05, 0.1) is 13.2 Å². The molecule has 0 aliphatic carbocycles. The van der Waals surface area contributed by atoms with E-state index in [0.29, 0.717) is 12.8 Å². The second-order valence-electron chi connectivity index (χ2n) is 4.31. The molecule has 0 heterocycles. The van der Waals surface area contributed by atoms with Crippen LogP contribution in [0.4, 0.5) is 0 Å². The molecule has 0 radical (unpaired) electrons. The van der Waals surface area contributed by atoms with E-state index in [1.165, 1.54) is 0 Å². The topological polar surface area (TPSA) is 57.5 Å². The summed E-state index contributed by atoms with van der Waals surface area (Å²) in [6.45, 7) is -0.250. The second-order valence-corrected chi connectivity index (χ2v) is 4.31. The fourth-order valence-corrected chi connectivity index (χ4v) is 1.71. The first-order chi connectivity index (χ1) is 9.76. The van der Waals surface area contributed by atoms with E-state index in [1.54, 1.807) is 0 Å². The first-order valence-electron chi connectivity index (χ1n) is 6.57. The molecule has 2 N–H and O–H groups in total. The van der Waals surface area contributed by atoms with Crippen molar-refractivity contribution in [2.45, 2.75) is 12.8 Å². The average Bonchev–Trinajstić information content (AvgIpc) is 2.49. The minimum Gasteiger partial charge on any atom is -0.394 e. The number of hydrogen-bond acceptors (Lipinski definition) is 3. The van der Waals surface area contributed by atoms with Crippen LogP contribution >= 0.6 is 0 Å². The lowest BCUT2D eigenvalue weighted by Crippen LogP contribution is -2.06. The fourth-order valence-electron chi connectivity index (χ4n) is 1.71. The van der Waals surface area contributed by atoms with Crippen molar-refractivity contribution in [1.82, 2.24) is 0 Å². The Balaban J connectivity index is 0.000000444. The maximum Gasteiger partial charge on any atom is 0.141 e. The molecule has 0 fully saturated rings. The second kappa shape index (κ2) is 9.89. The lowest BCUT2D eigenvalue weighted by Gasteiger charge is -2.01. The Hall–Kier alpha value is -1.97. The van der Waals surface area contributed by atoms with E-state index in [2.05, 4.69) is 0 Å². The number of carbonyl (C=O) groups is 1. The van der Waals surface area contributed by atoms with Crippen LogP contribution in [0.25, 0.3) is 0 Å². The van der Waals surface area contributed by atoms with E-state index in [0.717, 1.165) is 11.1 Å². The molecule has 0 spiro atoms. The highest BCUT2D eigenvalue weighted by Gasteiger charge is 2.04. The van der Waals surface area contributed by atoms with Gasteiger partial charge < -0.3 is 10.2 Å². The van der Waals surface area contributed by atoms with Crippen molar-refractivity contribution in [3.63, 3.8) is 0 Å². The van der Waals surface area contributed by atoms with Gasteiger partial charge in [0.25, 0.3) is 0 Å². The van der Waals surface area contributed by atoms with E-state index in [9.17, 15) is 4.79 Å². The monoisotopic (exact) mass is 272 g/mol. The predicted molar refractivity (Wildman–Crippen MR) is 79.5 cm³/mol. The number of benzene rings is 2. The minimum absolute atomic E-state index is 0.125. The fraction of sp³-hybridized carbons (Fsp3) is 0.235. The van der Waals surface area contributed by atoms with Crippen molar-refractivity contribution >= 4 is 5.78 Å². The van der Waals surface area contributed by atoms with Gasteiger partial charge in [-0.05, 0) is 11.1 Å². The van der Waals surface area contributed by atoms with Crippen LogP contribution in [-0.4, -0.2) is 29.2 Å². The van der Waals surface area contributed by atoms with Crippen LogP contribution in [0, 0.1) is 0 Å². The summed E-state index contributed by atoms with van der Waals surface area (Å²) in [4.78, 5) is 11.8. The molecule has 0 saturated heterocycles. The molecular weight excluding hydrogens is 252 g/mol. The van der Waals surface area contributed by atoms with Crippen molar-refractivity contribution in [3.8, 4) is 0 Å². The summed E-state index contributed by atoms with van der Waals surface area (Å²) >= 11 is 0. The lowest BCUT2D eigenvalue weighted by atomic mass is 10.0.